The molecule has 26 heavy (non-hydrogen) atoms. The fourth-order valence-electron chi connectivity index (χ4n) is 2.18. The van der Waals surface area contributed by atoms with E-state index in [0.29, 0.717) is 12.0 Å². The van der Waals surface area contributed by atoms with Crippen LogP contribution in [-0.4, -0.2) is 32.2 Å². The number of carbonyl (C=O) groups is 2. The largest absolute Gasteiger partial charge is 0.480 e. The van der Waals surface area contributed by atoms with E-state index in [0.717, 1.165) is 24.6 Å². The van der Waals surface area contributed by atoms with Gasteiger partial charge < -0.3 is 16.2 Å². The summed E-state index contributed by atoms with van der Waals surface area (Å²) >= 11 is 0.930. The number of aliphatic carboxylic acids is 1. The molecule has 2 rings (SSSR count). The number of thioether (sulfide) groups is 1. The molecule has 0 spiro atoms. The first-order chi connectivity index (χ1) is 12.4. The summed E-state index contributed by atoms with van der Waals surface area (Å²) < 4.78 is 0. The summed E-state index contributed by atoms with van der Waals surface area (Å²) in [4.78, 5) is 42.2. The minimum atomic E-state index is -0.980. The van der Waals surface area contributed by atoms with Gasteiger partial charge in [-0.2, -0.15) is 0 Å². The molecule has 1 atom stereocenters. The van der Waals surface area contributed by atoms with Crippen LogP contribution in [0.2, 0.25) is 0 Å². The van der Waals surface area contributed by atoms with Crippen molar-refractivity contribution in [1.29, 1.82) is 0 Å². The number of carboxylic acid groups (broad SMARTS) is 1. The molecule has 0 saturated heterocycles. The summed E-state index contributed by atoms with van der Waals surface area (Å²) in [6.07, 6.45) is 2.06. The SMILES string of the molecule is CCCCC(Sc1nc(N)c(NC(=O)c2ccccc2)c(=O)[nH]1)C(=O)O. The number of nitrogens with two attached hydrogens (primary N) is 1. The van der Waals surface area contributed by atoms with Gasteiger partial charge in [-0.05, 0) is 18.6 Å². The van der Waals surface area contributed by atoms with Gasteiger partial charge in [0.2, 0.25) is 0 Å². The molecule has 9 heteroatoms. The van der Waals surface area contributed by atoms with Crippen molar-refractivity contribution in [3.8, 4) is 0 Å². The molecule has 0 aliphatic carbocycles. The fraction of sp³-hybridized carbons (Fsp3) is 0.294. The Morgan fingerprint density at radius 3 is 2.62 bits per heavy atom. The Bertz CT molecular complexity index is 838. The lowest BCUT2D eigenvalue weighted by Crippen LogP contribution is -2.24. The smallest absolute Gasteiger partial charge is 0.317 e. The second-order valence-electron chi connectivity index (χ2n) is 5.54. The van der Waals surface area contributed by atoms with Crippen LogP contribution < -0.4 is 16.6 Å². The molecule has 2 aromatic rings. The van der Waals surface area contributed by atoms with Gasteiger partial charge in [0.1, 0.15) is 10.9 Å². The first kappa shape index (κ1) is 19.5. The third kappa shape index (κ3) is 5.09. The average molecular weight is 376 g/mol. The number of benzene rings is 1. The number of aromatic amines is 1. The molecular weight excluding hydrogens is 356 g/mol. The van der Waals surface area contributed by atoms with E-state index < -0.39 is 22.7 Å². The van der Waals surface area contributed by atoms with Crippen LogP contribution in [0.4, 0.5) is 11.5 Å². The number of carboxylic acids is 1. The zero-order valence-corrected chi connectivity index (χ0v) is 15.0. The zero-order chi connectivity index (χ0) is 19.1. The lowest BCUT2D eigenvalue weighted by atomic mass is 10.2. The molecule has 0 bridgehead atoms. The zero-order valence-electron chi connectivity index (χ0n) is 14.2. The van der Waals surface area contributed by atoms with Crippen molar-refractivity contribution < 1.29 is 14.7 Å². The Morgan fingerprint density at radius 2 is 2.04 bits per heavy atom. The monoisotopic (exact) mass is 376 g/mol. The van der Waals surface area contributed by atoms with Crippen LogP contribution in [0.15, 0.2) is 40.3 Å². The summed E-state index contributed by atoms with van der Waals surface area (Å²) in [5.41, 5.74) is 5.37. The topological polar surface area (TPSA) is 138 Å². The van der Waals surface area contributed by atoms with E-state index in [-0.39, 0.29) is 16.7 Å². The number of H-pyrrole nitrogens is 1. The maximum Gasteiger partial charge on any atom is 0.317 e. The Labute approximate surface area is 154 Å². The molecule has 0 aliphatic heterocycles. The molecule has 0 saturated carbocycles. The predicted molar refractivity (Wildman–Crippen MR) is 100 cm³/mol. The van der Waals surface area contributed by atoms with E-state index in [1.165, 1.54) is 0 Å². The number of anilines is 2. The van der Waals surface area contributed by atoms with Gasteiger partial charge in [-0.3, -0.25) is 19.4 Å². The number of rotatable bonds is 8. The molecule has 1 heterocycles. The van der Waals surface area contributed by atoms with E-state index in [1.54, 1.807) is 30.3 Å². The lowest BCUT2D eigenvalue weighted by molar-refractivity contribution is -0.136. The first-order valence-corrected chi connectivity index (χ1v) is 8.96. The predicted octanol–water partition coefficient (Wildman–Crippen LogP) is 2.34. The lowest BCUT2D eigenvalue weighted by Gasteiger charge is -2.12. The molecule has 8 nitrogen and oxygen atoms in total. The van der Waals surface area contributed by atoms with Crippen molar-refractivity contribution in [3.63, 3.8) is 0 Å². The minimum Gasteiger partial charge on any atom is -0.480 e. The molecular formula is C17H20N4O4S. The van der Waals surface area contributed by atoms with Crippen LogP contribution in [0, 0.1) is 0 Å². The summed E-state index contributed by atoms with van der Waals surface area (Å²) in [5.74, 6) is -1.64. The number of nitrogens with zero attached hydrogens (tertiary/aromatic N) is 1. The van der Waals surface area contributed by atoms with Crippen molar-refractivity contribution in [2.75, 3.05) is 11.1 Å². The second-order valence-corrected chi connectivity index (χ2v) is 6.73. The first-order valence-electron chi connectivity index (χ1n) is 8.08. The quantitative estimate of drug-likeness (QED) is 0.410. The van der Waals surface area contributed by atoms with E-state index in [9.17, 15) is 19.5 Å². The molecule has 1 aromatic carbocycles. The standard InChI is InChI=1S/C17H20N4O4S/c1-2-3-9-11(16(24)25)26-17-20-13(18)12(15(23)21-17)19-14(22)10-7-5-4-6-8-10/h4-8,11H,2-3,9H2,1H3,(H,19,22)(H,24,25)(H3,18,20,21,23). The number of aromatic nitrogens is 2. The number of nitrogens with one attached hydrogen (secondary N) is 2. The third-order valence-electron chi connectivity index (χ3n) is 3.55. The molecule has 0 aliphatic rings. The van der Waals surface area contributed by atoms with Gasteiger partial charge in [-0.15, -0.1) is 0 Å². The van der Waals surface area contributed by atoms with E-state index in [1.807, 2.05) is 6.92 Å². The fourth-order valence-corrected chi connectivity index (χ4v) is 3.14. The van der Waals surface area contributed by atoms with Crippen LogP contribution >= 0.6 is 11.8 Å². The number of amides is 1. The highest BCUT2D eigenvalue weighted by Crippen LogP contribution is 2.25. The van der Waals surface area contributed by atoms with Gasteiger partial charge >= 0.3 is 5.97 Å². The van der Waals surface area contributed by atoms with Crippen LogP contribution in [-0.2, 0) is 4.79 Å². The highest BCUT2D eigenvalue weighted by molar-refractivity contribution is 8.00. The average Bonchev–Trinajstić information content (AvgIpc) is 2.62. The normalized spacial score (nSPS) is 11.7. The Kier molecular flexibility index (Phi) is 6.79. The van der Waals surface area contributed by atoms with Gasteiger partial charge in [0.05, 0.1) is 0 Å². The van der Waals surface area contributed by atoms with Crippen molar-refractivity contribution in [1.82, 2.24) is 9.97 Å². The Hall–Kier alpha value is -2.81. The number of hydrogen-bond acceptors (Lipinski definition) is 6. The third-order valence-corrected chi connectivity index (χ3v) is 4.69. The number of hydrogen-bond donors (Lipinski definition) is 4. The molecule has 138 valence electrons. The molecule has 0 fully saturated rings. The molecule has 0 radical (unpaired) electrons. The van der Waals surface area contributed by atoms with Gasteiger partial charge in [0, 0.05) is 5.56 Å². The minimum absolute atomic E-state index is 0.105. The van der Waals surface area contributed by atoms with Crippen molar-refractivity contribution in [2.24, 2.45) is 0 Å². The van der Waals surface area contributed by atoms with Crippen LogP contribution in [0.5, 0.6) is 0 Å². The van der Waals surface area contributed by atoms with Gasteiger partial charge in [-0.1, -0.05) is 49.7 Å². The van der Waals surface area contributed by atoms with Crippen LogP contribution in [0.25, 0.3) is 0 Å². The second kappa shape index (κ2) is 9.04. The highest BCUT2D eigenvalue weighted by Gasteiger charge is 2.21. The van der Waals surface area contributed by atoms with Gasteiger partial charge in [0.15, 0.2) is 11.0 Å². The van der Waals surface area contributed by atoms with E-state index in [4.69, 9.17) is 5.73 Å². The molecule has 1 aromatic heterocycles. The Morgan fingerprint density at radius 1 is 1.35 bits per heavy atom. The molecule has 5 N–H and O–H groups in total. The summed E-state index contributed by atoms with van der Waals surface area (Å²) in [6, 6.07) is 8.36. The Balaban J connectivity index is 2.18. The maximum atomic E-state index is 12.2. The summed E-state index contributed by atoms with van der Waals surface area (Å²) in [6.45, 7) is 1.96. The van der Waals surface area contributed by atoms with E-state index >= 15 is 0 Å². The van der Waals surface area contributed by atoms with Gasteiger partial charge in [0.25, 0.3) is 11.5 Å². The van der Waals surface area contributed by atoms with Gasteiger partial charge in [-0.25, -0.2) is 4.98 Å². The number of unbranched alkanes of at least 4 members (excludes halogenated alkanes) is 1. The maximum absolute atomic E-state index is 12.2. The van der Waals surface area contributed by atoms with Crippen molar-refractivity contribution in [2.45, 2.75) is 36.6 Å². The number of nitrogen functional groups attached to an aromatic ring is 1. The molecule has 1 unspecified atom stereocenters. The highest BCUT2D eigenvalue weighted by atomic mass is 32.2. The number of carbonyl (C=O) groups excluding carboxylic acids is 1. The van der Waals surface area contributed by atoms with Crippen LogP contribution in [0.3, 0.4) is 0 Å². The van der Waals surface area contributed by atoms with E-state index in [2.05, 4.69) is 15.3 Å². The van der Waals surface area contributed by atoms with Crippen molar-refractivity contribution >= 4 is 35.1 Å². The van der Waals surface area contributed by atoms with Crippen molar-refractivity contribution in [3.05, 3.63) is 46.2 Å². The molecule has 1 amide bonds. The summed E-state index contributed by atoms with van der Waals surface area (Å²) in [7, 11) is 0. The van der Waals surface area contributed by atoms with Crippen LogP contribution in [0.1, 0.15) is 36.5 Å². The summed E-state index contributed by atoms with van der Waals surface area (Å²) in [5, 5.41) is 11.1.